The molecule has 3 fully saturated rings. The van der Waals surface area contributed by atoms with Gasteiger partial charge in [0.25, 0.3) is 0 Å². The lowest BCUT2D eigenvalue weighted by Gasteiger charge is -2.44. The molecule has 28 nitrogen and oxygen atoms in total. The van der Waals surface area contributed by atoms with Crippen molar-refractivity contribution in [3.05, 3.63) is 0 Å². The first-order chi connectivity index (χ1) is 26.8. The van der Waals surface area contributed by atoms with Crippen LogP contribution >= 0.6 is 23.5 Å². The molecule has 3 heterocycles. The number of ether oxygens (including phenoxy) is 4. The van der Waals surface area contributed by atoms with Crippen LogP contribution in [0.4, 0.5) is 0 Å². The minimum Gasteiger partial charge on any atom is -0.388 e. The van der Waals surface area contributed by atoms with Crippen molar-refractivity contribution in [1.82, 2.24) is 16.0 Å². The van der Waals surface area contributed by atoms with Gasteiger partial charge in [-0.05, 0) is 6.42 Å². The van der Waals surface area contributed by atoms with Gasteiger partial charge in [-0.1, -0.05) is 6.92 Å². The SMILES string of the molecule is CCCO[C@H]1OC(COP(=O)(O)O[C@H]2OC(COP(=O)(O)O[C@H]3OC(COP(=O)(O)O)[C@@H](O)[C@H](O)C3NC(C)=O)[C@@H](O)[C@H](O)C2NC(C)=O)[C@@H](O)[C@H](O)C1NC(C)=O. The number of nitrogens with one attached hydrogen (secondary N) is 3. The highest BCUT2D eigenvalue weighted by molar-refractivity contribution is 7.47. The molecule has 0 aromatic rings. The number of amides is 3. The fraction of sp³-hybridized carbons (Fsp3) is 0.889. The number of hydrogen-bond acceptors (Lipinski definition) is 21. The first-order valence-electron chi connectivity index (χ1n) is 17.2. The highest BCUT2D eigenvalue weighted by Crippen LogP contribution is 2.49. The molecule has 3 amide bonds. The van der Waals surface area contributed by atoms with E-state index in [9.17, 15) is 68.5 Å². The summed E-state index contributed by atoms with van der Waals surface area (Å²) in [4.78, 5) is 74.5. The van der Waals surface area contributed by atoms with Crippen LogP contribution in [-0.4, -0.2) is 186 Å². The van der Waals surface area contributed by atoms with Crippen LogP contribution in [0.3, 0.4) is 0 Å². The second kappa shape index (κ2) is 21.4. The Morgan fingerprint density at radius 1 is 0.534 bits per heavy atom. The number of aliphatic hydroxyl groups is 6. The lowest BCUT2D eigenvalue weighted by molar-refractivity contribution is -0.271. The summed E-state index contributed by atoms with van der Waals surface area (Å²) in [6, 6.07) is -4.90. The summed E-state index contributed by atoms with van der Waals surface area (Å²) < 4.78 is 83.2. The number of phosphoric acid groups is 3. The Balaban J connectivity index is 1.74. The van der Waals surface area contributed by atoms with Gasteiger partial charge in [0.1, 0.15) is 73.1 Å². The maximum atomic E-state index is 13.1. The lowest BCUT2D eigenvalue weighted by atomic mass is 9.97. The molecule has 0 aromatic heterocycles. The van der Waals surface area contributed by atoms with E-state index in [2.05, 4.69) is 20.5 Å². The van der Waals surface area contributed by atoms with Crippen molar-refractivity contribution in [2.24, 2.45) is 0 Å². The van der Waals surface area contributed by atoms with Crippen LogP contribution in [0.15, 0.2) is 0 Å². The molecule has 58 heavy (non-hydrogen) atoms. The Morgan fingerprint density at radius 2 is 0.845 bits per heavy atom. The quantitative estimate of drug-likeness (QED) is 0.0538. The summed E-state index contributed by atoms with van der Waals surface area (Å²) in [5.74, 6) is -2.34. The third kappa shape index (κ3) is 14.8. The van der Waals surface area contributed by atoms with Crippen molar-refractivity contribution in [2.45, 2.75) is 126 Å². The zero-order valence-electron chi connectivity index (χ0n) is 31.1. The summed E-state index contributed by atoms with van der Waals surface area (Å²) in [5, 5.41) is 70.4. The summed E-state index contributed by atoms with van der Waals surface area (Å²) in [5.41, 5.74) is 0. The highest BCUT2D eigenvalue weighted by Gasteiger charge is 2.52. The smallest absolute Gasteiger partial charge is 0.388 e. The summed E-state index contributed by atoms with van der Waals surface area (Å²) >= 11 is 0. The van der Waals surface area contributed by atoms with Gasteiger partial charge in [0.2, 0.25) is 17.7 Å². The third-order valence-corrected chi connectivity index (χ3v) is 10.8. The molecular formula is C27H50N3O25P3. The monoisotopic (exact) mass is 909 g/mol. The first-order valence-corrected chi connectivity index (χ1v) is 21.8. The number of aliphatic hydroxyl groups excluding tert-OH is 6. The van der Waals surface area contributed by atoms with Crippen molar-refractivity contribution in [3.63, 3.8) is 0 Å². The van der Waals surface area contributed by atoms with Crippen LogP contribution in [0.1, 0.15) is 34.1 Å². The molecule has 31 heteroatoms. The summed E-state index contributed by atoms with van der Waals surface area (Å²) in [6.45, 7) is 1.57. The van der Waals surface area contributed by atoms with E-state index in [1.165, 1.54) is 0 Å². The number of phosphoric ester groups is 3. The van der Waals surface area contributed by atoms with Gasteiger partial charge in [-0.25, -0.2) is 13.7 Å². The van der Waals surface area contributed by atoms with Crippen molar-refractivity contribution in [1.29, 1.82) is 0 Å². The fourth-order valence-corrected chi connectivity index (χ4v) is 7.78. The molecule has 338 valence electrons. The van der Waals surface area contributed by atoms with Crippen molar-refractivity contribution in [2.75, 3.05) is 26.4 Å². The largest absolute Gasteiger partial charge is 0.474 e. The van der Waals surface area contributed by atoms with Gasteiger partial charge in [-0.15, -0.1) is 0 Å². The zero-order chi connectivity index (χ0) is 43.9. The molecule has 0 aliphatic carbocycles. The fourth-order valence-electron chi connectivity index (χ4n) is 5.76. The van der Waals surface area contributed by atoms with Crippen LogP contribution < -0.4 is 16.0 Å². The van der Waals surface area contributed by atoms with Crippen molar-refractivity contribution < 1.29 is 120 Å². The summed E-state index contributed by atoms with van der Waals surface area (Å²) in [7, 11) is -16.1. The van der Waals surface area contributed by atoms with Gasteiger partial charge in [-0.2, -0.15) is 0 Å². The predicted molar refractivity (Wildman–Crippen MR) is 183 cm³/mol. The normalized spacial score (nSPS) is 37.9. The Labute approximate surface area is 329 Å². The average molecular weight is 910 g/mol. The van der Waals surface area contributed by atoms with Crippen molar-refractivity contribution in [3.8, 4) is 0 Å². The zero-order valence-corrected chi connectivity index (χ0v) is 33.8. The minimum absolute atomic E-state index is 0.0795. The van der Waals surface area contributed by atoms with Crippen LogP contribution in [-0.2, 0) is 69.6 Å². The van der Waals surface area contributed by atoms with Crippen LogP contribution in [0, 0.1) is 0 Å². The molecule has 0 aromatic carbocycles. The number of carbonyl (C=O) groups is 3. The maximum Gasteiger partial charge on any atom is 0.474 e. The van der Waals surface area contributed by atoms with E-state index < -0.39 is 153 Å². The Hall–Kier alpha value is -1.66. The molecule has 3 rings (SSSR count). The molecular weight excluding hydrogens is 859 g/mol. The van der Waals surface area contributed by atoms with E-state index in [0.29, 0.717) is 6.42 Å². The van der Waals surface area contributed by atoms with Gasteiger partial charge in [-0.3, -0.25) is 37.0 Å². The number of hydrogen-bond donors (Lipinski definition) is 13. The third-order valence-electron chi connectivity index (χ3n) is 8.38. The van der Waals surface area contributed by atoms with Crippen LogP contribution in [0.25, 0.3) is 0 Å². The Kier molecular flexibility index (Phi) is 18.7. The second-order valence-corrected chi connectivity index (χ2v) is 17.2. The van der Waals surface area contributed by atoms with E-state index in [1.807, 2.05) is 0 Å². The van der Waals surface area contributed by atoms with Gasteiger partial charge < -0.3 is 85.1 Å². The van der Waals surface area contributed by atoms with Crippen LogP contribution in [0.5, 0.6) is 0 Å². The lowest BCUT2D eigenvalue weighted by Crippen LogP contribution is -2.65. The molecule has 17 atom stereocenters. The predicted octanol–water partition coefficient (Wildman–Crippen LogP) is -5.36. The molecule has 0 bridgehead atoms. The van der Waals surface area contributed by atoms with Gasteiger partial charge in [0.05, 0.1) is 19.8 Å². The first kappa shape index (κ1) is 50.7. The molecule has 0 saturated carbocycles. The molecule has 8 unspecified atom stereocenters. The molecule has 3 aliphatic heterocycles. The number of carbonyl (C=O) groups excluding carboxylic acids is 3. The molecule has 0 spiro atoms. The van der Waals surface area contributed by atoms with E-state index in [0.717, 1.165) is 20.8 Å². The van der Waals surface area contributed by atoms with E-state index in [1.54, 1.807) is 6.92 Å². The highest BCUT2D eigenvalue weighted by atomic mass is 31.2. The summed E-state index contributed by atoms with van der Waals surface area (Å²) in [6.07, 6.45) is -22.5. The number of rotatable bonds is 19. The molecule has 13 N–H and O–H groups in total. The second-order valence-electron chi connectivity index (χ2n) is 13.1. The molecule has 0 radical (unpaired) electrons. The van der Waals surface area contributed by atoms with Crippen molar-refractivity contribution >= 4 is 41.2 Å². The minimum atomic E-state index is -5.51. The maximum absolute atomic E-state index is 13.1. The van der Waals surface area contributed by atoms with E-state index in [-0.39, 0.29) is 6.61 Å². The van der Waals surface area contributed by atoms with Gasteiger partial charge >= 0.3 is 23.5 Å². The Morgan fingerprint density at radius 3 is 1.16 bits per heavy atom. The van der Waals surface area contributed by atoms with Crippen LogP contribution in [0.2, 0.25) is 0 Å². The van der Waals surface area contributed by atoms with Gasteiger partial charge in [0, 0.05) is 27.4 Å². The average Bonchev–Trinajstić information content (AvgIpc) is 3.10. The Bertz CT molecular complexity index is 1540. The molecule has 3 aliphatic rings. The molecule has 3 saturated heterocycles. The van der Waals surface area contributed by atoms with Gasteiger partial charge in [0.15, 0.2) is 18.9 Å². The van der Waals surface area contributed by atoms with E-state index in [4.69, 9.17) is 46.8 Å². The topological polar surface area (TPSA) is 424 Å². The standard InChI is InChI=1S/C27H50N3O25P3/c1-5-6-47-25-16(28-10(2)31)22(37)20(35)14(51-25)8-49-57(43,44)55-27-18(30-12(4)33)24(39)21(36)15(53-27)9-50-58(45,46)54-26-17(29-11(3)32)23(38)19(34)13(52-26)7-48-56(40,41)42/h13-27,34-39H,5-9H2,1-4H3,(H,28,31)(H,29,32)(H,30,33)(H,43,44)(H,45,46)(H2,40,41,42)/t13?,14?,15?,16?,17?,18?,19-,20-,21-,22-,23-,24-,25+,26-,27-/m1/s1. The van der Waals surface area contributed by atoms with E-state index >= 15 is 0 Å².